The molecule has 1 aliphatic heterocycles. The Balaban J connectivity index is 1.01. The molecule has 260 valence electrons. The number of benzene rings is 8. The van der Waals surface area contributed by atoms with E-state index in [1.165, 1.54) is 38.2 Å². The summed E-state index contributed by atoms with van der Waals surface area (Å²) in [6, 6.07) is 59.3. The number of fused-ring (bicyclic) bond motifs is 9. The van der Waals surface area contributed by atoms with Crippen molar-refractivity contribution < 1.29 is 9.47 Å². The fourth-order valence-electron chi connectivity index (χ4n) is 8.57. The Labute approximate surface area is 319 Å². The molecule has 2 heterocycles. The molecule has 11 rings (SSSR count). The summed E-state index contributed by atoms with van der Waals surface area (Å²) >= 11 is 0. The molecule has 0 unspecified atom stereocenters. The smallest absolute Gasteiger partial charge is 0.178 e. The van der Waals surface area contributed by atoms with Crippen LogP contribution in [0.3, 0.4) is 0 Å². The molecule has 1 aliphatic carbocycles. The Morgan fingerprint density at radius 1 is 0.418 bits per heavy atom. The van der Waals surface area contributed by atoms with Crippen LogP contribution >= 0.6 is 0 Å². The molecule has 55 heavy (non-hydrogen) atoms. The second kappa shape index (κ2) is 12.0. The second-order valence-corrected chi connectivity index (χ2v) is 14.9. The minimum absolute atomic E-state index is 0.124. The molecule has 0 fully saturated rings. The van der Waals surface area contributed by atoms with Crippen LogP contribution in [0.2, 0.25) is 0 Å². The van der Waals surface area contributed by atoms with Gasteiger partial charge in [0.1, 0.15) is 0 Å². The van der Waals surface area contributed by atoms with Gasteiger partial charge < -0.3 is 9.47 Å². The Morgan fingerprint density at radius 2 is 1.09 bits per heavy atom. The number of hydrogen-bond donors (Lipinski definition) is 0. The zero-order valence-corrected chi connectivity index (χ0v) is 30.4. The van der Waals surface area contributed by atoms with E-state index in [-0.39, 0.29) is 5.41 Å². The molecule has 4 heteroatoms. The maximum absolute atomic E-state index is 6.71. The lowest BCUT2D eigenvalue weighted by molar-refractivity contribution is 0.360. The molecule has 2 aliphatic rings. The van der Waals surface area contributed by atoms with Crippen LogP contribution in [0.5, 0.6) is 23.0 Å². The maximum atomic E-state index is 6.71. The normalized spacial score (nSPS) is 13.3. The van der Waals surface area contributed by atoms with Gasteiger partial charge in [0.05, 0.1) is 11.4 Å². The van der Waals surface area contributed by atoms with E-state index in [1.807, 2.05) is 36.4 Å². The van der Waals surface area contributed by atoms with Gasteiger partial charge in [-0.1, -0.05) is 153 Å². The van der Waals surface area contributed by atoms with Gasteiger partial charge in [0.25, 0.3) is 0 Å². The number of nitrogens with zero attached hydrogens (tertiary/aromatic N) is 2. The predicted molar refractivity (Wildman–Crippen MR) is 223 cm³/mol. The zero-order chi connectivity index (χ0) is 36.7. The van der Waals surface area contributed by atoms with Crippen molar-refractivity contribution in [3.8, 4) is 79.2 Å². The molecule has 0 atom stereocenters. The first-order valence-electron chi connectivity index (χ1n) is 18.7. The van der Waals surface area contributed by atoms with Crippen molar-refractivity contribution in [3.05, 3.63) is 181 Å². The summed E-state index contributed by atoms with van der Waals surface area (Å²) in [4.78, 5) is 10.5. The van der Waals surface area contributed by atoms with Crippen molar-refractivity contribution >= 4 is 21.5 Å². The average molecular weight is 707 g/mol. The fraction of sp³-hybridized carbons (Fsp3) is 0.0588. The third kappa shape index (κ3) is 4.99. The summed E-state index contributed by atoms with van der Waals surface area (Å²) in [6.45, 7) is 4.55. The molecule has 0 saturated heterocycles. The number of hydrogen-bond acceptors (Lipinski definition) is 4. The Kier molecular flexibility index (Phi) is 6.86. The monoisotopic (exact) mass is 706 g/mol. The molecule has 8 aromatic carbocycles. The van der Waals surface area contributed by atoms with Crippen molar-refractivity contribution in [2.75, 3.05) is 0 Å². The van der Waals surface area contributed by atoms with Crippen molar-refractivity contribution in [2.45, 2.75) is 19.3 Å². The van der Waals surface area contributed by atoms with Crippen LogP contribution in [-0.2, 0) is 5.41 Å². The molecule has 0 spiro atoms. The van der Waals surface area contributed by atoms with E-state index in [1.54, 1.807) is 0 Å². The quantitative estimate of drug-likeness (QED) is 0.171. The van der Waals surface area contributed by atoms with Crippen LogP contribution in [0.25, 0.3) is 77.7 Å². The molecule has 0 radical (unpaired) electrons. The number of aromatic nitrogens is 2. The highest BCUT2D eigenvalue weighted by Crippen LogP contribution is 2.58. The third-order valence-electron chi connectivity index (χ3n) is 11.4. The summed E-state index contributed by atoms with van der Waals surface area (Å²) in [5.41, 5.74) is 11.5. The molecule has 0 N–H and O–H groups in total. The van der Waals surface area contributed by atoms with Gasteiger partial charge in [-0.15, -0.1) is 0 Å². The second-order valence-electron chi connectivity index (χ2n) is 14.9. The van der Waals surface area contributed by atoms with E-state index in [2.05, 4.69) is 147 Å². The fourth-order valence-corrected chi connectivity index (χ4v) is 8.57. The lowest BCUT2D eigenvalue weighted by Crippen LogP contribution is -2.15. The zero-order valence-electron chi connectivity index (χ0n) is 30.4. The first-order chi connectivity index (χ1) is 27.0. The summed E-state index contributed by atoms with van der Waals surface area (Å²) in [5, 5.41) is 4.88. The van der Waals surface area contributed by atoms with Gasteiger partial charge in [0, 0.05) is 27.7 Å². The molecule has 4 nitrogen and oxygen atoms in total. The van der Waals surface area contributed by atoms with E-state index in [4.69, 9.17) is 19.4 Å². The van der Waals surface area contributed by atoms with Gasteiger partial charge in [-0.2, -0.15) is 0 Å². The third-order valence-corrected chi connectivity index (χ3v) is 11.4. The van der Waals surface area contributed by atoms with Gasteiger partial charge in [-0.3, -0.25) is 0 Å². The number of ether oxygens (including phenoxy) is 2. The minimum Gasteiger partial charge on any atom is -0.449 e. The predicted octanol–water partition coefficient (Wildman–Crippen LogP) is 13.7. The van der Waals surface area contributed by atoms with E-state index < -0.39 is 0 Å². The Morgan fingerprint density at radius 3 is 1.96 bits per heavy atom. The van der Waals surface area contributed by atoms with Gasteiger partial charge in [0.2, 0.25) is 0 Å². The lowest BCUT2D eigenvalue weighted by Gasteiger charge is -2.25. The van der Waals surface area contributed by atoms with Crippen molar-refractivity contribution in [1.82, 2.24) is 9.97 Å². The SMILES string of the molecule is CC1(C)c2ccccc2-c2c1ccc1c2Oc2ccc(-c3ccccc3-c3nc(-c4ccccc4)cc(-c4ccc5c(ccc6ccccc65)c4)n3)cc2O1. The molecule has 0 bridgehead atoms. The van der Waals surface area contributed by atoms with E-state index >= 15 is 0 Å². The van der Waals surface area contributed by atoms with Crippen molar-refractivity contribution in [3.63, 3.8) is 0 Å². The Hall–Kier alpha value is -7.04. The summed E-state index contributed by atoms with van der Waals surface area (Å²) in [5.74, 6) is 3.52. The average Bonchev–Trinajstić information content (AvgIpc) is 3.48. The van der Waals surface area contributed by atoms with E-state index in [0.29, 0.717) is 17.3 Å². The summed E-state index contributed by atoms with van der Waals surface area (Å²) < 4.78 is 13.4. The minimum atomic E-state index is -0.124. The lowest BCUT2D eigenvalue weighted by atomic mass is 9.82. The topological polar surface area (TPSA) is 44.2 Å². The van der Waals surface area contributed by atoms with Gasteiger partial charge in [-0.05, 0) is 79.7 Å². The molecule has 0 amide bonds. The standard InChI is InChI=1S/C51H34N2O2/c1-51(2)41-19-11-10-18-40(41)48-42(51)25-27-46-49(48)55-45-26-23-34(29-47(45)54-46)37-16-8-9-17-39(37)50-52-43(32-13-4-3-5-14-32)30-44(53-50)35-22-24-38-33(28-35)21-20-31-12-6-7-15-36(31)38/h3-30H,1-2H3. The van der Waals surface area contributed by atoms with Crippen molar-refractivity contribution in [1.29, 1.82) is 0 Å². The maximum Gasteiger partial charge on any atom is 0.178 e. The van der Waals surface area contributed by atoms with Crippen LogP contribution in [0.15, 0.2) is 170 Å². The molecular weight excluding hydrogens is 673 g/mol. The van der Waals surface area contributed by atoms with Crippen molar-refractivity contribution in [2.24, 2.45) is 0 Å². The highest BCUT2D eigenvalue weighted by Gasteiger charge is 2.39. The molecule has 0 saturated carbocycles. The molecule has 9 aromatic rings. The highest BCUT2D eigenvalue weighted by molar-refractivity contribution is 6.08. The number of rotatable bonds is 4. The van der Waals surface area contributed by atoms with Gasteiger partial charge in [0.15, 0.2) is 28.8 Å². The summed E-state index contributed by atoms with van der Waals surface area (Å²) in [6.07, 6.45) is 0. The van der Waals surface area contributed by atoms with Crippen LogP contribution in [0.4, 0.5) is 0 Å². The summed E-state index contributed by atoms with van der Waals surface area (Å²) in [7, 11) is 0. The Bertz CT molecular complexity index is 3020. The van der Waals surface area contributed by atoms with Gasteiger partial charge >= 0.3 is 0 Å². The largest absolute Gasteiger partial charge is 0.449 e. The first kappa shape index (κ1) is 31.5. The van der Waals surface area contributed by atoms with Crippen LogP contribution in [-0.4, -0.2) is 9.97 Å². The van der Waals surface area contributed by atoms with Crippen LogP contribution < -0.4 is 9.47 Å². The van der Waals surface area contributed by atoms with Crippen LogP contribution in [0, 0.1) is 0 Å². The van der Waals surface area contributed by atoms with E-state index in [9.17, 15) is 0 Å². The molecular formula is C51H34N2O2. The highest BCUT2D eigenvalue weighted by atomic mass is 16.6. The van der Waals surface area contributed by atoms with Crippen LogP contribution in [0.1, 0.15) is 25.0 Å². The molecule has 1 aromatic heterocycles. The van der Waals surface area contributed by atoms with Gasteiger partial charge in [-0.25, -0.2) is 9.97 Å². The van der Waals surface area contributed by atoms with E-state index in [0.717, 1.165) is 56.3 Å². The first-order valence-corrected chi connectivity index (χ1v) is 18.7.